The van der Waals surface area contributed by atoms with Gasteiger partial charge in [0.05, 0.1) is 6.61 Å². The topological polar surface area (TPSA) is 38.5 Å². The van der Waals surface area contributed by atoms with Gasteiger partial charge in [0.25, 0.3) is 0 Å². The molecule has 13 heavy (non-hydrogen) atoms. The normalized spacial score (nSPS) is 16.2. The summed E-state index contributed by atoms with van der Waals surface area (Å²) in [6.07, 6.45) is 0. The molecule has 0 radical (unpaired) electrons. The number of hydrogen-bond acceptors (Lipinski definition) is 3. The molecule has 2 unspecified atom stereocenters. The molecule has 0 aliphatic rings. The van der Waals surface area contributed by atoms with Crippen LogP contribution < -0.4 is 5.73 Å². The Bertz CT molecular complexity index is 119. The number of likely N-dealkylation sites (N-methyl/N-ethyl adjacent to an activating group) is 1. The first kappa shape index (κ1) is 12.9. The number of nitrogens with two attached hydrogens (primary N) is 1. The summed E-state index contributed by atoms with van der Waals surface area (Å²) in [7, 11) is 1.75. The van der Waals surface area contributed by atoms with Crippen LogP contribution in [0.1, 0.15) is 20.8 Å². The fourth-order valence-corrected chi connectivity index (χ4v) is 1.44. The van der Waals surface area contributed by atoms with Gasteiger partial charge >= 0.3 is 0 Å². The van der Waals surface area contributed by atoms with Crippen molar-refractivity contribution in [3.63, 3.8) is 0 Å². The zero-order valence-corrected chi connectivity index (χ0v) is 9.42. The lowest BCUT2D eigenvalue weighted by Gasteiger charge is -2.29. The highest BCUT2D eigenvalue weighted by Gasteiger charge is 2.13. The Labute approximate surface area is 82.2 Å². The standard InChI is InChI=1S/C10H24N2O/c1-5-12(7-9(2)6-11)10(3)8-13-4/h9-10H,5-8,11H2,1-4H3. The summed E-state index contributed by atoms with van der Waals surface area (Å²) in [6.45, 7) is 10.2. The van der Waals surface area contributed by atoms with Gasteiger partial charge in [-0.1, -0.05) is 13.8 Å². The maximum Gasteiger partial charge on any atom is 0.0615 e. The lowest BCUT2D eigenvalue weighted by molar-refractivity contribution is 0.0941. The molecule has 0 spiro atoms. The summed E-state index contributed by atoms with van der Waals surface area (Å²) < 4.78 is 5.13. The number of hydrogen-bond donors (Lipinski definition) is 1. The van der Waals surface area contributed by atoms with Gasteiger partial charge in [0.2, 0.25) is 0 Å². The van der Waals surface area contributed by atoms with E-state index in [2.05, 4.69) is 25.7 Å². The zero-order valence-electron chi connectivity index (χ0n) is 9.42. The quantitative estimate of drug-likeness (QED) is 0.646. The second-order valence-corrected chi connectivity index (χ2v) is 3.73. The highest BCUT2D eigenvalue weighted by atomic mass is 16.5. The average molecular weight is 188 g/mol. The number of ether oxygens (including phenoxy) is 1. The molecule has 0 aromatic heterocycles. The van der Waals surface area contributed by atoms with Gasteiger partial charge in [-0.3, -0.25) is 4.90 Å². The minimum absolute atomic E-state index is 0.490. The van der Waals surface area contributed by atoms with Crippen LogP contribution in [0.5, 0.6) is 0 Å². The molecular weight excluding hydrogens is 164 g/mol. The molecule has 0 fully saturated rings. The van der Waals surface area contributed by atoms with Crippen molar-refractivity contribution in [2.24, 2.45) is 11.7 Å². The molecule has 0 aliphatic carbocycles. The van der Waals surface area contributed by atoms with Crippen LogP contribution in [-0.2, 0) is 4.74 Å². The van der Waals surface area contributed by atoms with Gasteiger partial charge in [0, 0.05) is 19.7 Å². The van der Waals surface area contributed by atoms with Crippen LogP contribution in [0.2, 0.25) is 0 Å². The van der Waals surface area contributed by atoms with Crippen molar-refractivity contribution >= 4 is 0 Å². The highest BCUT2D eigenvalue weighted by molar-refractivity contribution is 4.68. The third-order valence-corrected chi connectivity index (χ3v) is 2.39. The van der Waals surface area contributed by atoms with Crippen molar-refractivity contribution in [1.82, 2.24) is 4.90 Å². The van der Waals surface area contributed by atoms with E-state index in [4.69, 9.17) is 10.5 Å². The summed E-state index contributed by atoms with van der Waals surface area (Å²) in [4.78, 5) is 2.40. The van der Waals surface area contributed by atoms with Crippen molar-refractivity contribution in [1.29, 1.82) is 0 Å². The van der Waals surface area contributed by atoms with E-state index in [1.165, 1.54) is 0 Å². The van der Waals surface area contributed by atoms with Crippen LogP contribution in [-0.4, -0.2) is 44.3 Å². The molecular formula is C10H24N2O. The van der Waals surface area contributed by atoms with E-state index in [0.717, 1.165) is 26.2 Å². The van der Waals surface area contributed by atoms with Gasteiger partial charge in [-0.25, -0.2) is 0 Å². The Balaban J connectivity index is 3.86. The summed E-state index contributed by atoms with van der Waals surface area (Å²) in [5, 5.41) is 0. The van der Waals surface area contributed by atoms with Crippen LogP contribution in [0, 0.1) is 5.92 Å². The fraction of sp³-hybridized carbons (Fsp3) is 1.00. The van der Waals surface area contributed by atoms with Gasteiger partial charge in [0.1, 0.15) is 0 Å². The number of rotatable bonds is 7. The largest absolute Gasteiger partial charge is 0.383 e. The summed E-state index contributed by atoms with van der Waals surface area (Å²) >= 11 is 0. The molecule has 0 saturated carbocycles. The van der Waals surface area contributed by atoms with E-state index in [1.807, 2.05) is 0 Å². The zero-order chi connectivity index (χ0) is 10.3. The molecule has 0 amide bonds. The summed E-state index contributed by atoms with van der Waals surface area (Å²) in [5.74, 6) is 0.569. The molecule has 3 heteroatoms. The molecule has 80 valence electrons. The van der Waals surface area contributed by atoms with Crippen LogP contribution >= 0.6 is 0 Å². The molecule has 0 heterocycles. The van der Waals surface area contributed by atoms with E-state index < -0.39 is 0 Å². The van der Waals surface area contributed by atoms with Crippen molar-refractivity contribution in [3.8, 4) is 0 Å². The molecule has 0 aliphatic heterocycles. The lowest BCUT2D eigenvalue weighted by atomic mass is 10.1. The molecule has 0 rings (SSSR count). The number of methoxy groups -OCH3 is 1. The molecule has 0 aromatic rings. The lowest BCUT2D eigenvalue weighted by Crippen LogP contribution is -2.40. The van der Waals surface area contributed by atoms with E-state index in [-0.39, 0.29) is 0 Å². The monoisotopic (exact) mass is 188 g/mol. The smallest absolute Gasteiger partial charge is 0.0615 e. The predicted molar refractivity (Wildman–Crippen MR) is 56.8 cm³/mol. The Morgan fingerprint density at radius 3 is 2.38 bits per heavy atom. The first-order chi connectivity index (χ1) is 6.15. The van der Waals surface area contributed by atoms with Gasteiger partial charge in [-0.2, -0.15) is 0 Å². The molecule has 3 nitrogen and oxygen atoms in total. The van der Waals surface area contributed by atoms with E-state index in [0.29, 0.717) is 12.0 Å². The van der Waals surface area contributed by atoms with Crippen LogP contribution in [0.15, 0.2) is 0 Å². The van der Waals surface area contributed by atoms with Gasteiger partial charge in [0.15, 0.2) is 0 Å². The Hall–Kier alpha value is -0.120. The van der Waals surface area contributed by atoms with Gasteiger partial charge < -0.3 is 10.5 Å². The first-order valence-corrected chi connectivity index (χ1v) is 5.08. The summed E-state index contributed by atoms with van der Waals surface area (Å²) in [5.41, 5.74) is 5.59. The SMILES string of the molecule is CCN(CC(C)CN)C(C)COC. The first-order valence-electron chi connectivity index (χ1n) is 5.08. The molecule has 0 bridgehead atoms. The molecule has 2 atom stereocenters. The predicted octanol–water partition coefficient (Wildman–Crippen LogP) is 0.938. The van der Waals surface area contributed by atoms with Gasteiger partial charge in [-0.05, 0) is 25.9 Å². The maximum atomic E-state index is 5.59. The van der Waals surface area contributed by atoms with Crippen LogP contribution in [0.3, 0.4) is 0 Å². The Kier molecular flexibility index (Phi) is 7.23. The molecule has 0 saturated heterocycles. The second-order valence-electron chi connectivity index (χ2n) is 3.73. The minimum Gasteiger partial charge on any atom is -0.383 e. The number of nitrogens with zero attached hydrogens (tertiary/aromatic N) is 1. The van der Waals surface area contributed by atoms with Crippen molar-refractivity contribution in [2.45, 2.75) is 26.8 Å². The van der Waals surface area contributed by atoms with E-state index >= 15 is 0 Å². The third kappa shape index (κ3) is 5.24. The molecule has 2 N–H and O–H groups in total. The van der Waals surface area contributed by atoms with E-state index in [1.54, 1.807) is 7.11 Å². The minimum atomic E-state index is 0.490. The van der Waals surface area contributed by atoms with E-state index in [9.17, 15) is 0 Å². The maximum absolute atomic E-state index is 5.59. The van der Waals surface area contributed by atoms with Crippen molar-refractivity contribution in [2.75, 3.05) is 33.4 Å². The summed E-state index contributed by atoms with van der Waals surface area (Å²) in [6, 6.07) is 0.490. The van der Waals surface area contributed by atoms with Crippen LogP contribution in [0.4, 0.5) is 0 Å². The molecule has 0 aromatic carbocycles. The highest BCUT2D eigenvalue weighted by Crippen LogP contribution is 2.03. The van der Waals surface area contributed by atoms with Gasteiger partial charge in [-0.15, -0.1) is 0 Å². The second kappa shape index (κ2) is 7.30. The van der Waals surface area contributed by atoms with Crippen molar-refractivity contribution in [3.05, 3.63) is 0 Å². The van der Waals surface area contributed by atoms with Crippen LogP contribution in [0.25, 0.3) is 0 Å². The van der Waals surface area contributed by atoms with Crippen molar-refractivity contribution < 1.29 is 4.74 Å². The third-order valence-electron chi connectivity index (χ3n) is 2.39. The Morgan fingerprint density at radius 1 is 1.38 bits per heavy atom. The fourth-order valence-electron chi connectivity index (χ4n) is 1.44. The Morgan fingerprint density at radius 2 is 2.00 bits per heavy atom. The average Bonchev–Trinajstić information content (AvgIpc) is 2.14.